The molecule has 1 amide bonds. The van der Waals surface area contributed by atoms with E-state index in [0.29, 0.717) is 0 Å². The van der Waals surface area contributed by atoms with Crippen LogP contribution in [0.2, 0.25) is 0 Å². The lowest BCUT2D eigenvalue weighted by Crippen LogP contribution is -2.39. The normalized spacial score (nSPS) is 13.4. The number of carboxylic acids is 1. The maximum Gasteiger partial charge on any atom is 0.323 e. The van der Waals surface area contributed by atoms with Gasteiger partial charge < -0.3 is 15.3 Å². The van der Waals surface area contributed by atoms with Gasteiger partial charge in [0.25, 0.3) is 0 Å². The molecule has 0 saturated carbocycles. The first-order valence-electron chi connectivity index (χ1n) is 6.90. The summed E-state index contributed by atoms with van der Waals surface area (Å²) in [6, 6.07) is 5.95. The number of anilines is 1. The molecule has 0 fully saturated rings. The van der Waals surface area contributed by atoms with Crippen molar-refractivity contribution in [2.45, 2.75) is 25.7 Å². The number of amides is 1. The first-order chi connectivity index (χ1) is 9.61. The number of benzene rings is 1. The molecule has 2 N–H and O–H groups in total. The van der Waals surface area contributed by atoms with Gasteiger partial charge in [0, 0.05) is 12.7 Å². The number of rotatable bonds is 5. The molecular formula is C15H20N2O3. The van der Waals surface area contributed by atoms with E-state index in [4.69, 9.17) is 5.11 Å². The Labute approximate surface area is 118 Å². The van der Waals surface area contributed by atoms with Crippen molar-refractivity contribution in [3.05, 3.63) is 29.3 Å². The summed E-state index contributed by atoms with van der Waals surface area (Å²) < 4.78 is 0. The third-order valence-electron chi connectivity index (χ3n) is 3.65. The number of aliphatic carboxylic acids is 1. The number of carboxylic acid groups (broad SMARTS) is 1. The maximum absolute atomic E-state index is 11.6. The summed E-state index contributed by atoms with van der Waals surface area (Å²) in [5.41, 5.74) is 3.36. The number of carbonyl (C=O) groups excluding carboxylic acids is 1. The summed E-state index contributed by atoms with van der Waals surface area (Å²) in [5, 5.41) is 11.6. The van der Waals surface area contributed by atoms with Crippen molar-refractivity contribution in [3.8, 4) is 0 Å². The molecule has 0 bridgehead atoms. The summed E-state index contributed by atoms with van der Waals surface area (Å²) in [6.45, 7) is -0.0941. The molecule has 0 spiro atoms. The van der Waals surface area contributed by atoms with Crippen molar-refractivity contribution in [1.29, 1.82) is 0 Å². The number of carbonyl (C=O) groups is 2. The minimum atomic E-state index is -0.928. The SMILES string of the molecule is CNC(=O)CN(CC(=O)O)c1cccc2c1CCCC2. The van der Waals surface area contributed by atoms with E-state index in [1.807, 2.05) is 12.1 Å². The second kappa shape index (κ2) is 6.41. The first-order valence-corrected chi connectivity index (χ1v) is 6.90. The molecule has 1 aromatic carbocycles. The van der Waals surface area contributed by atoms with Gasteiger partial charge in [0.15, 0.2) is 0 Å². The molecule has 2 rings (SSSR count). The smallest absolute Gasteiger partial charge is 0.323 e. The van der Waals surface area contributed by atoms with Crippen LogP contribution in [0.1, 0.15) is 24.0 Å². The van der Waals surface area contributed by atoms with E-state index in [2.05, 4.69) is 11.4 Å². The maximum atomic E-state index is 11.6. The number of hydrogen-bond donors (Lipinski definition) is 2. The van der Waals surface area contributed by atoms with Crippen molar-refractivity contribution < 1.29 is 14.7 Å². The zero-order valence-corrected chi connectivity index (χ0v) is 11.7. The number of aryl methyl sites for hydroxylation is 1. The Morgan fingerprint density at radius 2 is 2.00 bits per heavy atom. The second-order valence-corrected chi connectivity index (χ2v) is 5.04. The van der Waals surface area contributed by atoms with Crippen LogP contribution in [0.15, 0.2) is 18.2 Å². The molecule has 0 atom stereocenters. The van der Waals surface area contributed by atoms with Crippen molar-refractivity contribution in [2.75, 3.05) is 25.0 Å². The molecule has 20 heavy (non-hydrogen) atoms. The summed E-state index contributed by atoms with van der Waals surface area (Å²) >= 11 is 0. The van der Waals surface area contributed by atoms with Crippen LogP contribution in [0.25, 0.3) is 0 Å². The monoisotopic (exact) mass is 276 g/mol. The van der Waals surface area contributed by atoms with Crippen molar-refractivity contribution in [2.24, 2.45) is 0 Å². The standard InChI is InChI=1S/C15H20N2O3/c1-16-14(18)9-17(10-15(19)20)13-8-4-6-11-5-2-3-7-12(11)13/h4,6,8H,2-3,5,7,9-10H2,1H3,(H,16,18)(H,19,20). The Morgan fingerprint density at radius 1 is 1.25 bits per heavy atom. The fourth-order valence-corrected chi connectivity index (χ4v) is 2.70. The minimum Gasteiger partial charge on any atom is -0.480 e. The van der Waals surface area contributed by atoms with Gasteiger partial charge in [-0.05, 0) is 42.9 Å². The van der Waals surface area contributed by atoms with Crippen LogP contribution in [0, 0.1) is 0 Å². The van der Waals surface area contributed by atoms with Crippen LogP contribution in [0.4, 0.5) is 5.69 Å². The van der Waals surface area contributed by atoms with Gasteiger partial charge in [-0.3, -0.25) is 9.59 Å². The van der Waals surface area contributed by atoms with Crippen LogP contribution in [-0.4, -0.2) is 37.1 Å². The summed E-state index contributed by atoms with van der Waals surface area (Å²) in [6.07, 6.45) is 4.27. The highest BCUT2D eigenvalue weighted by Gasteiger charge is 2.20. The van der Waals surface area contributed by atoms with Crippen LogP contribution in [0.5, 0.6) is 0 Å². The minimum absolute atomic E-state index is 0.0687. The zero-order valence-electron chi connectivity index (χ0n) is 11.7. The van der Waals surface area contributed by atoms with Gasteiger partial charge in [0.05, 0.1) is 6.54 Å². The fourth-order valence-electron chi connectivity index (χ4n) is 2.70. The Bertz CT molecular complexity index is 514. The molecule has 5 nitrogen and oxygen atoms in total. The number of nitrogens with one attached hydrogen (secondary N) is 1. The Balaban J connectivity index is 2.32. The number of likely N-dealkylation sites (N-methyl/N-ethyl adjacent to an activating group) is 1. The molecule has 0 radical (unpaired) electrons. The molecule has 0 saturated heterocycles. The summed E-state index contributed by atoms with van der Waals surface area (Å²) in [5.74, 6) is -1.11. The van der Waals surface area contributed by atoms with Crippen molar-refractivity contribution >= 4 is 17.6 Å². The highest BCUT2D eigenvalue weighted by molar-refractivity contribution is 5.84. The molecule has 108 valence electrons. The van der Waals surface area contributed by atoms with Crippen LogP contribution < -0.4 is 10.2 Å². The molecule has 0 unspecified atom stereocenters. The number of nitrogens with zero attached hydrogens (tertiary/aromatic N) is 1. The molecule has 5 heteroatoms. The van der Waals surface area contributed by atoms with Crippen molar-refractivity contribution in [3.63, 3.8) is 0 Å². The van der Waals surface area contributed by atoms with Crippen molar-refractivity contribution in [1.82, 2.24) is 5.32 Å². The highest BCUT2D eigenvalue weighted by atomic mass is 16.4. The van der Waals surface area contributed by atoms with Crippen LogP contribution in [-0.2, 0) is 22.4 Å². The van der Waals surface area contributed by atoms with Gasteiger partial charge >= 0.3 is 5.97 Å². The quantitative estimate of drug-likeness (QED) is 0.848. The van der Waals surface area contributed by atoms with Gasteiger partial charge in [-0.1, -0.05) is 12.1 Å². The Kier molecular flexibility index (Phi) is 4.61. The van der Waals surface area contributed by atoms with Gasteiger partial charge in [0.1, 0.15) is 6.54 Å². The summed E-state index contributed by atoms with van der Waals surface area (Å²) in [7, 11) is 1.56. The topological polar surface area (TPSA) is 69.6 Å². The Morgan fingerprint density at radius 3 is 2.70 bits per heavy atom. The molecule has 0 aliphatic heterocycles. The fraction of sp³-hybridized carbons (Fsp3) is 0.467. The lowest BCUT2D eigenvalue weighted by molar-refractivity contribution is -0.135. The van der Waals surface area contributed by atoms with Gasteiger partial charge in [-0.25, -0.2) is 0 Å². The van der Waals surface area contributed by atoms with Gasteiger partial charge in [-0.2, -0.15) is 0 Å². The van der Waals surface area contributed by atoms with Crippen LogP contribution in [0.3, 0.4) is 0 Å². The predicted molar refractivity (Wildman–Crippen MR) is 77.0 cm³/mol. The average Bonchev–Trinajstić information content (AvgIpc) is 2.45. The van der Waals surface area contributed by atoms with E-state index in [1.165, 1.54) is 17.5 Å². The molecule has 1 aliphatic rings. The van der Waals surface area contributed by atoms with E-state index in [9.17, 15) is 9.59 Å². The van der Waals surface area contributed by atoms with E-state index >= 15 is 0 Å². The van der Waals surface area contributed by atoms with Gasteiger partial charge in [0.2, 0.25) is 5.91 Å². The molecule has 0 aromatic heterocycles. The Hall–Kier alpha value is -2.04. The number of fused-ring (bicyclic) bond motifs is 1. The zero-order chi connectivity index (χ0) is 14.5. The van der Waals surface area contributed by atoms with E-state index in [0.717, 1.165) is 24.9 Å². The number of hydrogen-bond acceptors (Lipinski definition) is 3. The summed E-state index contributed by atoms with van der Waals surface area (Å²) in [4.78, 5) is 24.3. The molecule has 1 aliphatic carbocycles. The largest absolute Gasteiger partial charge is 0.480 e. The van der Waals surface area contributed by atoms with Gasteiger partial charge in [-0.15, -0.1) is 0 Å². The molecule has 0 heterocycles. The predicted octanol–water partition coefficient (Wildman–Crippen LogP) is 1.20. The first kappa shape index (κ1) is 14.4. The second-order valence-electron chi connectivity index (χ2n) is 5.04. The van der Waals surface area contributed by atoms with E-state index < -0.39 is 5.97 Å². The van der Waals surface area contributed by atoms with E-state index in [-0.39, 0.29) is 19.0 Å². The van der Waals surface area contributed by atoms with E-state index in [1.54, 1.807) is 11.9 Å². The lowest BCUT2D eigenvalue weighted by Gasteiger charge is -2.28. The average molecular weight is 276 g/mol. The third kappa shape index (κ3) is 3.29. The third-order valence-corrected chi connectivity index (χ3v) is 3.65. The highest BCUT2D eigenvalue weighted by Crippen LogP contribution is 2.30. The molecule has 1 aromatic rings. The van der Waals surface area contributed by atoms with Crippen LogP contribution >= 0.6 is 0 Å². The lowest BCUT2D eigenvalue weighted by atomic mass is 9.90. The molecular weight excluding hydrogens is 256 g/mol.